The van der Waals surface area contributed by atoms with Crippen LogP contribution in [0.25, 0.3) is 0 Å². The van der Waals surface area contributed by atoms with Crippen LogP contribution >= 0.6 is 0 Å². The van der Waals surface area contributed by atoms with Gasteiger partial charge in [0.15, 0.2) is 0 Å². The molecule has 0 aromatic heterocycles. The van der Waals surface area contributed by atoms with Crippen molar-refractivity contribution < 1.29 is 9.53 Å². The molecule has 0 aliphatic heterocycles. The van der Waals surface area contributed by atoms with Crippen LogP contribution in [0.5, 0.6) is 0 Å². The molecular formula is C11H14O2. The average molecular weight is 178 g/mol. The van der Waals surface area contributed by atoms with Gasteiger partial charge in [0.2, 0.25) is 0 Å². The summed E-state index contributed by atoms with van der Waals surface area (Å²) in [6.45, 7) is 0.650. The van der Waals surface area contributed by atoms with Gasteiger partial charge in [-0.25, -0.2) is 0 Å². The van der Waals surface area contributed by atoms with Crippen LogP contribution in [0.2, 0.25) is 0 Å². The SMILES string of the molecule is O=COC12CCC(C1)C1CC=CC12. The summed E-state index contributed by atoms with van der Waals surface area (Å²) in [5, 5.41) is 0. The lowest BCUT2D eigenvalue weighted by Crippen LogP contribution is -2.36. The van der Waals surface area contributed by atoms with Crippen LogP contribution < -0.4 is 0 Å². The van der Waals surface area contributed by atoms with Gasteiger partial charge in [0.25, 0.3) is 6.47 Å². The van der Waals surface area contributed by atoms with Gasteiger partial charge in [0.05, 0.1) is 0 Å². The third kappa shape index (κ3) is 0.812. The second-order valence-corrected chi connectivity index (χ2v) is 4.64. The molecule has 0 amide bonds. The van der Waals surface area contributed by atoms with Gasteiger partial charge in [-0.05, 0) is 37.5 Å². The summed E-state index contributed by atoms with van der Waals surface area (Å²) in [7, 11) is 0. The first-order valence-electron chi connectivity index (χ1n) is 5.14. The molecule has 3 rings (SSSR count). The maximum Gasteiger partial charge on any atom is 0.293 e. The lowest BCUT2D eigenvalue weighted by molar-refractivity contribution is -0.146. The van der Waals surface area contributed by atoms with E-state index in [1.54, 1.807) is 0 Å². The number of rotatable bonds is 2. The highest BCUT2D eigenvalue weighted by atomic mass is 16.5. The fourth-order valence-electron chi connectivity index (χ4n) is 3.75. The van der Waals surface area contributed by atoms with E-state index in [1.807, 2.05) is 0 Å². The van der Waals surface area contributed by atoms with Crippen LogP contribution in [0.4, 0.5) is 0 Å². The molecule has 0 aromatic rings. The topological polar surface area (TPSA) is 26.3 Å². The number of fused-ring (bicyclic) bond motifs is 5. The number of carbonyl (C=O) groups is 1. The third-order valence-electron chi connectivity index (χ3n) is 4.25. The van der Waals surface area contributed by atoms with Gasteiger partial charge in [-0.2, -0.15) is 0 Å². The molecular weight excluding hydrogens is 164 g/mol. The minimum Gasteiger partial charge on any atom is -0.461 e. The molecule has 0 spiro atoms. The first-order valence-corrected chi connectivity index (χ1v) is 5.14. The standard InChI is InChI=1S/C11H14O2/c12-7-13-11-5-4-8(6-11)9-2-1-3-10(9)11/h1,3,7-10H,2,4-6H2. The Morgan fingerprint density at radius 1 is 1.54 bits per heavy atom. The van der Waals surface area contributed by atoms with Crippen molar-refractivity contribution in [2.75, 3.05) is 0 Å². The van der Waals surface area contributed by atoms with E-state index in [0.29, 0.717) is 12.4 Å². The molecule has 2 fully saturated rings. The van der Waals surface area contributed by atoms with Crippen molar-refractivity contribution in [3.8, 4) is 0 Å². The average Bonchev–Trinajstić information content (AvgIpc) is 2.73. The number of allylic oxidation sites excluding steroid dienone is 1. The molecule has 3 aliphatic rings. The van der Waals surface area contributed by atoms with E-state index in [9.17, 15) is 4.79 Å². The van der Waals surface area contributed by atoms with Crippen LogP contribution in [0.3, 0.4) is 0 Å². The van der Waals surface area contributed by atoms with Crippen molar-refractivity contribution in [1.82, 2.24) is 0 Å². The predicted molar refractivity (Wildman–Crippen MR) is 48.0 cm³/mol. The van der Waals surface area contributed by atoms with E-state index in [-0.39, 0.29) is 5.60 Å². The normalized spacial score (nSPS) is 50.9. The molecule has 0 N–H and O–H groups in total. The van der Waals surface area contributed by atoms with E-state index in [0.717, 1.165) is 24.7 Å². The first-order chi connectivity index (χ1) is 6.36. The zero-order chi connectivity index (χ0) is 8.89. The molecule has 2 heteroatoms. The van der Waals surface area contributed by atoms with Crippen molar-refractivity contribution >= 4 is 6.47 Å². The Bertz CT molecular complexity index is 271. The maximum absolute atomic E-state index is 10.5. The Hall–Kier alpha value is -0.790. The number of hydrogen-bond donors (Lipinski definition) is 0. The fraction of sp³-hybridized carbons (Fsp3) is 0.727. The molecule has 4 atom stereocenters. The molecule has 0 radical (unpaired) electrons. The molecule has 4 unspecified atom stereocenters. The quantitative estimate of drug-likeness (QED) is 0.477. The number of carbonyl (C=O) groups excluding carboxylic acids is 1. The smallest absolute Gasteiger partial charge is 0.293 e. The van der Waals surface area contributed by atoms with Gasteiger partial charge in [-0.1, -0.05) is 12.2 Å². The Balaban J connectivity index is 1.95. The van der Waals surface area contributed by atoms with Gasteiger partial charge in [-0.3, -0.25) is 4.79 Å². The molecule has 0 heterocycles. The summed E-state index contributed by atoms with van der Waals surface area (Å²) < 4.78 is 5.36. The van der Waals surface area contributed by atoms with E-state index >= 15 is 0 Å². The molecule has 2 saturated carbocycles. The summed E-state index contributed by atoms with van der Waals surface area (Å²) in [5.41, 5.74) is -0.0932. The highest BCUT2D eigenvalue weighted by Gasteiger charge is 2.59. The van der Waals surface area contributed by atoms with Crippen molar-refractivity contribution in [3.63, 3.8) is 0 Å². The maximum atomic E-state index is 10.5. The Labute approximate surface area is 78.0 Å². The lowest BCUT2D eigenvalue weighted by Gasteiger charge is -2.33. The molecule has 70 valence electrons. The first kappa shape index (κ1) is 7.60. The van der Waals surface area contributed by atoms with Crippen LogP contribution in [0.1, 0.15) is 25.7 Å². The van der Waals surface area contributed by atoms with Crippen molar-refractivity contribution in [1.29, 1.82) is 0 Å². The van der Waals surface area contributed by atoms with E-state index < -0.39 is 0 Å². The minimum absolute atomic E-state index is 0.0932. The van der Waals surface area contributed by atoms with E-state index in [4.69, 9.17) is 4.74 Å². The van der Waals surface area contributed by atoms with Crippen LogP contribution in [-0.2, 0) is 9.53 Å². The predicted octanol–water partition coefficient (Wildman–Crippen LogP) is 1.90. The van der Waals surface area contributed by atoms with Crippen molar-refractivity contribution in [2.45, 2.75) is 31.3 Å². The van der Waals surface area contributed by atoms with Crippen LogP contribution in [0.15, 0.2) is 12.2 Å². The zero-order valence-corrected chi connectivity index (χ0v) is 7.61. The monoisotopic (exact) mass is 178 g/mol. The third-order valence-corrected chi connectivity index (χ3v) is 4.25. The van der Waals surface area contributed by atoms with Gasteiger partial charge < -0.3 is 4.74 Å². The lowest BCUT2D eigenvalue weighted by atomic mass is 9.79. The Morgan fingerprint density at radius 2 is 2.46 bits per heavy atom. The largest absolute Gasteiger partial charge is 0.461 e. The summed E-state index contributed by atoms with van der Waals surface area (Å²) in [4.78, 5) is 10.5. The van der Waals surface area contributed by atoms with E-state index in [2.05, 4.69) is 12.2 Å². The second kappa shape index (κ2) is 2.37. The second-order valence-electron chi connectivity index (χ2n) is 4.64. The molecule has 0 saturated heterocycles. The summed E-state index contributed by atoms with van der Waals surface area (Å²) in [5.74, 6) is 2.14. The molecule has 3 aliphatic carbocycles. The zero-order valence-electron chi connectivity index (χ0n) is 7.61. The molecule has 2 nitrogen and oxygen atoms in total. The fourth-order valence-corrected chi connectivity index (χ4v) is 3.75. The van der Waals surface area contributed by atoms with Gasteiger partial charge in [0.1, 0.15) is 5.60 Å². The highest BCUT2D eigenvalue weighted by Crippen LogP contribution is 2.60. The summed E-state index contributed by atoms with van der Waals surface area (Å²) in [6, 6.07) is 0. The minimum atomic E-state index is -0.0932. The van der Waals surface area contributed by atoms with Gasteiger partial charge in [-0.15, -0.1) is 0 Å². The Kier molecular flexibility index (Phi) is 1.38. The van der Waals surface area contributed by atoms with Gasteiger partial charge >= 0.3 is 0 Å². The van der Waals surface area contributed by atoms with Crippen LogP contribution in [-0.4, -0.2) is 12.1 Å². The van der Waals surface area contributed by atoms with Crippen LogP contribution in [0, 0.1) is 17.8 Å². The van der Waals surface area contributed by atoms with E-state index in [1.165, 1.54) is 12.8 Å². The summed E-state index contributed by atoms with van der Waals surface area (Å²) >= 11 is 0. The Morgan fingerprint density at radius 3 is 3.31 bits per heavy atom. The van der Waals surface area contributed by atoms with Gasteiger partial charge in [0, 0.05) is 5.92 Å². The summed E-state index contributed by atoms with van der Waals surface area (Å²) in [6.07, 6.45) is 9.20. The van der Waals surface area contributed by atoms with Crippen molar-refractivity contribution in [3.05, 3.63) is 12.2 Å². The molecule has 0 aromatic carbocycles. The van der Waals surface area contributed by atoms with Crippen molar-refractivity contribution in [2.24, 2.45) is 17.8 Å². The number of ether oxygens (including phenoxy) is 1. The molecule has 2 bridgehead atoms. The molecule has 13 heavy (non-hydrogen) atoms. The highest BCUT2D eigenvalue weighted by molar-refractivity contribution is 5.40. The number of hydrogen-bond acceptors (Lipinski definition) is 2.